The average Bonchev–Trinajstić information content (AvgIpc) is 2.85. The van der Waals surface area contributed by atoms with Gasteiger partial charge in [0.25, 0.3) is 0 Å². The topological polar surface area (TPSA) is 120 Å². The molecule has 0 radical (unpaired) electrons. The molecule has 0 saturated carbocycles. The molecule has 10 heteroatoms. The molecule has 0 aromatic heterocycles. The monoisotopic (exact) mass is 642 g/mol. The molecule has 0 rings (SSSR count). The number of unbranched alkanes of at least 4 members (excludes halogenated alkanes) is 12. The van der Waals surface area contributed by atoms with Crippen LogP contribution in [0.5, 0.6) is 0 Å². The van der Waals surface area contributed by atoms with Gasteiger partial charge in [0.1, 0.15) is 0 Å². The molecular formula is C30H66AlO6P3. The minimum Gasteiger partial charge on any atom is -0.799 e. The van der Waals surface area contributed by atoms with Crippen molar-refractivity contribution in [1.29, 1.82) is 0 Å². The van der Waals surface area contributed by atoms with Crippen LogP contribution in [0, 0.1) is 0 Å². The first-order valence-corrected chi connectivity index (χ1v) is 22.2. The summed E-state index contributed by atoms with van der Waals surface area (Å²) in [5, 5.41) is 0. The number of rotatable bonds is 24. The van der Waals surface area contributed by atoms with Crippen molar-refractivity contribution in [3.05, 3.63) is 0 Å². The Labute approximate surface area is 261 Å². The molecule has 0 aliphatic rings. The largest absolute Gasteiger partial charge is 3.00 e. The predicted octanol–water partition coefficient (Wildman–Crippen LogP) is 8.63. The standard InChI is InChI=1S/3C10H23O2P.Al/c3*1-3-5-7-9-13(11,12)10-8-6-4-2;/h3*3-10H2,1-2H3,(H,11,12);/q;;;+3/p-3. The van der Waals surface area contributed by atoms with Crippen LogP contribution in [0.25, 0.3) is 0 Å². The van der Waals surface area contributed by atoms with Gasteiger partial charge in [-0.1, -0.05) is 119 Å². The second kappa shape index (κ2) is 33.0. The molecule has 40 heavy (non-hydrogen) atoms. The predicted molar refractivity (Wildman–Crippen MR) is 175 cm³/mol. The zero-order valence-electron chi connectivity index (χ0n) is 27.3. The van der Waals surface area contributed by atoms with E-state index in [2.05, 4.69) is 41.5 Å². The zero-order chi connectivity index (χ0) is 30.5. The molecule has 0 aliphatic heterocycles. The summed E-state index contributed by atoms with van der Waals surface area (Å²) in [4.78, 5) is 34.2. The first kappa shape index (κ1) is 48.0. The SMILES string of the molecule is CCCCCP(=O)([O-])CCCCC.CCCCCP(=O)([O-])CCCCC.CCCCCP(=O)([O-])CCCCC.[Al+3]. The van der Waals surface area contributed by atoms with Crippen molar-refractivity contribution >= 4 is 39.5 Å². The van der Waals surface area contributed by atoms with Gasteiger partial charge >= 0.3 is 17.4 Å². The zero-order valence-corrected chi connectivity index (χ0v) is 31.2. The van der Waals surface area contributed by atoms with Gasteiger partial charge in [0.05, 0.1) is 0 Å². The Hall–Kier alpha value is 1.10. The molecule has 240 valence electrons. The van der Waals surface area contributed by atoms with E-state index < -0.39 is 22.1 Å². The normalized spacial score (nSPS) is 11.6. The van der Waals surface area contributed by atoms with Crippen molar-refractivity contribution in [3.8, 4) is 0 Å². The Morgan fingerprint density at radius 2 is 0.450 bits per heavy atom. The van der Waals surface area contributed by atoms with E-state index in [-0.39, 0.29) is 17.4 Å². The number of hydrogen-bond acceptors (Lipinski definition) is 6. The van der Waals surface area contributed by atoms with E-state index in [1.807, 2.05) is 0 Å². The van der Waals surface area contributed by atoms with Crippen LogP contribution in [0.4, 0.5) is 0 Å². The van der Waals surface area contributed by atoms with Gasteiger partial charge in [0.2, 0.25) is 0 Å². The molecular weight excluding hydrogens is 576 g/mol. The molecule has 0 aromatic carbocycles. The van der Waals surface area contributed by atoms with Crippen molar-refractivity contribution < 1.29 is 28.4 Å². The Kier molecular flexibility index (Phi) is 39.6. The van der Waals surface area contributed by atoms with Crippen LogP contribution in [0.3, 0.4) is 0 Å². The molecule has 6 nitrogen and oxygen atoms in total. The molecule has 0 atom stereocenters. The van der Waals surface area contributed by atoms with Crippen LogP contribution < -0.4 is 14.7 Å². The van der Waals surface area contributed by atoms with E-state index in [0.717, 1.165) is 116 Å². The summed E-state index contributed by atoms with van der Waals surface area (Å²) >= 11 is 0. The van der Waals surface area contributed by atoms with E-state index in [1.165, 1.54) is 0 Å². The summed E-state index contributed by atoms with van der Waals surface area (Å²) in [6, 6.07) is 0. The van der Waals surface area contributed by atoms with Crippen molar-refractivity contribution in [2.45, 2.75) is 157 Å². The molecule has 0 amide bonds. The van der Waals surface area contributed by atoms with Gasteiger partial charge in [0.15, 0.2) is 0 Å². The Morgan fingerprint density at radius 3 is 0.550 bits per heavy atom. The molecule has 0 unspecified atom stereocenters. The molecule has 0 aromatic rings. The van der Waals surface area contributed by atoms with Crippen LogP contribution in [0.1, 0.15) is 157 Å². The van der Waals surface area contributed by atoms with Crippen molar-refractivity contribution in [3.63, 3.8) is 0 Å². The van der Waals surface area contributed by atoms with Crippen molar-refractivity contribution in [1.82, 2.24) is 0 Å². The third-order valence-electron chi connectivity index (χ3n) is 6.61. The quantitative estimate of drug-likeness (QED) is 0.0590. The third-order valence-corrected chi connectivity index (χ3v) is 12.6. The van der Waals surface area contributed by atoms with Crippen LogP contribution in [-0.2, 0) is 13.7 Å². The smallest absolute Gasteiger partial charge is 0.799 e. The van der Waals surface area contributed by atoms with Gasteiger partial charge < -0.3 is 28.4 Å². The first-order chi connectivity index (χ1) is 18.4. The fourth-order valence-electron chi connectivity index (χ4n) is 3.95. The van der Waals surface area contributed by atoms with E-state index >= 15 is 0 Å². The maximum atomic E-state index is 11.4. The molecule has 0 spiro atoms. The van der Waals surface area contributed by atoms with Crippen LogP contribution >= 0.6 is 22.1 Å². The summed E-state index contributed by atoms with van der Waals surface area (Å²) in [7, 11) is -9.01. The van der Waals surface area contributed by atoms with Crippen LogP contribution in [-0.4, -0.2) is 54.3 Å². The van der Waals surface area contributed by atoms with Crippen LogP contribution in [0.15, 0.2) is 0 Å². The number of hydrogen-bond donors (Lipinski definition) is 0. The maximum absolute atomic E-state index is 11.4. The molecule has 0 heterocycles. The molecule has 0 N–H and O–H groups in total. The van der Waals surface area contributed by atoms with Crippen molar-refractivity contribution in [2.75, 3.05) is 37.0 Å². The summed E-state index contributed by atoms with van der Waals surface area (Å²) in [6.07, 6.45) is 20.4. The fraction of sp³-hybridized carbons (Fsp3) is 1.00. The van der Waals surface area contributed by atoms with Gasteiger partial charge in [-0.2, -0.15) is 0 Å². The van der Waals surface area contributed by atoms with Gasteiger partial charge in [-0.05, 0) is 75.5 Å². The van der Waals surface area contributed by atoms with E-state index in [1.54, 1.807) is 0 Å². The van der Waals surface area contributed by atoms with Gasteiger partial charge in [-0.25, -0.2) is 0 Å². The average molecular weight is 643 g/mol. The Balaban J connectivity index is -0.000000240. The second-order valence-electron chi connectivity index (χ2n) is 11.0. The van der Waals surface area contributed by atoms with Gasteiger partial charge in [-0.15, -0.1) is 0 Å². The Bertz CT molecular complexity index is 521. The third kappa shape index (κ3) is 41.2. The molecule has 0 aliphatic carbocycles. The van der Waals surface area contributed by atoms with Crippen LogP contribution in [0.2, 0.25) is 0 Å². The summed E-state index contributed by atoms with van der Waals surface area (Å²) in [6.45, 7) is 12.5. The van der Waals surface area contributed by atoms with E-state index in [0.29, 0.717) is 37.0 Å². The summed E-state index contributed by atoms with van der Waals surface area (Å²) < 4.78 is 34.2. The minimum absolute atomic E-state index is 0. The Morgan fingerprint density at radius 1 is 0.325 bits per heavy atom. The van der Waals surface area contributed by atoms with E-state index in [9.17, 15) is 28.4 Å². The van der Waals surface area contributed by atoms with Gasteiger partial charge in [-0.3, -0.25) is 0 Å². The molecule has 0 bridgehead atoms. The van der Waals surface area contributed by atoms with E-state index in [4.69, 9.17) is 0 Å². The van der Waals surface area contributed by atoms with Gasteiger partial charge in [0, 0.05) is 22.1 Å². The summed E-state index contributed by atoms with van der Waals surface area (Å²) in [5.41, 5.74) is 0. The minimum atomic E-state index is -3.00. The second-order valence-corrected chi connectivity index (χ2v) is 18.6. The summed E-state index contributed by atoms with van der Waals surface area (Å²) in [5.74, 6) is 0. The van der Waals surface area contributed by atoms with Crippen molar-refractivity contribution in [2.24, 2.45) is 0 Å². The fourth-order valence-corrected chi connectivity index (χ4v) is 8.85. The first-order valence-electron chi connectivity index (χ1n) is 16.2. The maximum Gasteiger partial charge on any atom is 3.00 e. The molecule has 0 fully saturated rings. The molecule has 0 saturated heterocycles.